The molecule has 2 heterocycles. The van der Waals surface area contributed by atoms with Gasteiger partial charge in [0.15, 0.2) is 0 Å². The van der Waals surface area contributed by atoms with Crippen molar-refractivity contribution in [2.75, 3.05) is 31.1 Å². The van der Waals surface area contributed by atoms with Gasteiger partial charge in [-0.1, -0.05) is 12.1 Å². The highest BCUT2D eigenvalue weighted by atomic mass is 19.4. The quantitative estimate of drug-likeness (QED) is 0.794. The third-order valence-electron chi connectivity index (χ3n) is 4.73. The van der Waals surface area contributed by atoms with Gasteiger partial charge < -0.3 is 19.9 Å². The summed E-state index contributed by atoms with van der Waals surface area (Å²) in [5.41, 5.74) is 0.619. The number of hydrogen-bond acceptors (Lipinski definition) is 4. The summed E-state index contributed by atoms with van der Waals surface area (Å²) in [7, 11) is 0. The van der Waals surface area contributed by atoms with E-state index in [2.05, 4.69) is 10.3 Å². The number of urea groups is 1. The number of hydrogen-bond donors (Lipinski definition) is 1. The van der Waals surface area contributed by atoms with Crippen molar-refractivity contribution in [3.8, 4) is 5.88 Å². The third kappa shape index (κ3) is 5.55. The number of alkyl halides is 3. The molecule has 1 aromatic carbocycles. The molecule has 0 aliphatic carbocycles. The van der Waals surface area contributed by atoms with Gasteiger partial charge >= 0.3 is 12.2 Å². The molecule has 162 valence electrons. The number of amides is 2. The Hall–Kier alpha value is -2.97. The number of pyridine rings is 1. The fourth-order valence-corrected chi connectivity index (χ4v) is 3.22. The first kappa shape index (κ1) is 21.7. The zero-order valence-corrected chi connectivity index (χ0v) is 16.9. The highest BCUT2D eigenvalue weighted by Crippen LogP contribution is 2.31. The van der Waals surface area contributed by atoms with Crippen LogP contribution < -0.4 is 15.0 Å². The summed E-state index contributed by atoms with van der Waals surface area (Å²) in [5.74, 6) is 0.488. The van der Waals surface area contributed by atoms with Crippen molar-refractivity contribution in [2.45, 2.75) is 32.7 Å². The maximum absolute atomic E-state index is 12.9. The van der Waals surface area contributed by atoms with Gasteiger partial charge in [0.25, 0.3) is 0 Å². The molecule has 1 aromatic heterocycles. The average molecular weight is 422 g/mol. The van der Waals surface area contributed by atoms with E-state index in [1.54, 1.807) is 23.2 Å². The monoisotopic (exact) mass is 422 g/mol. The number of benzene rings is 1. The van der Waals surface area contributed by atoms with Gasteiger partial charge in [-0.25, -0.2) is 9.78 Å². The third-order valence-corrected chi connectivity index (χ3v) is 4.73. The maximum Gasteiger partial charge on any atom is 0.416 e. The molecule has 0 unspecified atom stereocenters. The van der Waals surface area contributed by atoms with E-state index in [0.717, 1.165) is 17.7 Å². The molecule has 2 amide bonds. The van der Waals surface area contributed by atoms with E-state index in [-0.39, 0.29) is 18.7 Å². The minimum absolute atomic E-state index is 0.0294. The van der Waals surface area contributed by atoms with Crippen LogP contribution >= 0.6 is 0 Å². The van der Waals surface area contributed by atoms with Gasteiger partial charge in [-0.3, -0.25) is 0 Å². The number of piperazine rings is 1. The zero-order chi connectivity index (χ0) is 21.7. The summed E-state index contributed by atoms with van der Waals surface area (Å²) in [6, 6.07) is 8.67. The number of ether oxygens (including phenoxy) is 1. The Morgan fingerprint density at radius 2 is 1.90 bits per heavy atom. The fourth-order valence-electron chi connectivity index (χ4n) is 3.22. The number of carbonyl (C=O) groups is 1. The van der Waals surface area contributed by atoms with Crippen molar-refractivity contribution >= 4 is 11.7 Å². The van der Waals surface area contributed by atoms with Crippen molar-refractivity contribution in [3.05, 3.63) is 53.7 Å². The molecule has 0 spiro atoms. The van der Waals surface area contributed by atoms with Crippen LogP contribution in [0.25, 0.3) is 0 Å². The Morgan fingerprint density at radius 1 is 1.17 bits per heavy atom. The van der Waals surface area contributed by atoms with Gasteiger partial charge in [-0.05, 0) is 38.1 Å². The number of halogens is 3. The summed E-state index contributed by atoms with van der Waals surface area (Å²) in [6.45, 7) is 5.85. The number of anilines is 1. The fraction of sp³-hybridized carbons (Fsp3) is 0.429. The van der Waals surface area contributed by atoms with Crippen LogP contribution in [0.2, 0.25) is 0 Å². The van der Waals surface area contributed by atoms with E-state index in [0.29, 0.717) is 37.7 Å². The first-order valence-electron chi connectivity index (χ1n) is 9.79. The van der Waals surface area contributed by atoms with Crippen LogP contribution in [0.15, 0.2) is 42.6 Å². The van der Waals surface area contributed by atoms with Gasteiger partial charge in [-0.2, -0.15) is 13.2 Å². The molecular weight excluding hydrogens is 397 g/mol. The summed E-state index contributed by atoms with van der Waals surface area (Å²) < 4.78 is 44.5. The number of rotatable bonds is 5. The lowest BCUT2D eigenvalue weighted by molar-refractivity contribution is -0.137. The number of carbonyl (C=O) groups excluding carboxylic acids is 1. The predicted octanol–water partition coefficient (Wildman–Crippen LogP) is 3.92. The summed E-state index contributed by atoms with van der Waals surface area (Å²) in [5, 5.41) is 2.87. The molecule has 0 saturated carbocycles. The van der Waals surface area contributed by atoms with Crippen molar-refractivity contribution in [2.24, 2.45) is 0 Å². The second-order valence-corrected chi connectivity index (χ2v) is 7.32. The van der Waals surface area contributed by atoms with Gasteiger partial charge in [0.05, 0.1) is 11.7 Å². The molecule has 3 rings (SSSR count). The van der Waals surface area contributed by atoms with Crippen LogP contribution in [0.4, 0.5) is 23.7 Å². The molecule has 1 aliphatic rings. The molecule has 1 N–H and O–H groups in total. The lowest BCUT2D eigenvalue weighted by Gasteiger charge is -2.36. The molecule has 0 radical (unpaired) electrons. The average Bonchev–Trinajstić information content (AvgIpc) is 2.72. The second-order valence-electron chi connectivity index (χ2n) is 7.32. The van der Waals surface area contributed by atoms with Crippen molar-refractivity contribution in [3.63, 3.8) is 0 Å². The van der Waals surface area contributed by atoms with E-state index >= 15 is 0 Å². The van der Waals surface area contributed by atoms with Crippen molar-refractivity contribution in [1.29, 1.82) is 0 Å². The molecule has 1 fully saturated rings. The molecule has 0 bridgehead atoms. The Morgan fingerprint density at radius 3 is 2.57 bits per heavy atom. The lowest BCUT2D eigenvalue weighted by Crippen LogP contribution is -2.51. The standard InChI is InChI=1S/C21H25F3N4O2/c1-15(2)30-19-16(5-4-8-25-19)14-26-20(29)28-11-9-27(10-12-28)18-7-3-6-17(13-18)21(22,23)24/h3-8,13,15H,9-12,14H2,1-2H3,(H,26,29). The molecular formula is C21H25F3N4O2. The first-order valence-corrected chi connectivity index (χ1v) is 9.79. The highest BCUT2D eigenvalue weighted by molar-refractivity contribution is 5.74. The second kappa shape index (κ2) is 9.23. The van der Waals surface area contributed by atoms with Crippen molar-refractivity contribution in [1.82, 2.24) is 15.2 Å². The highest BCUT2D eigenvalue weighted by Gasteiger charge is 2.31. The maximum atomic E-state index is 12.9. The van der Waals surface area contributed by atoms with Gasteiger partial charge in [-0.15, -0.1) is 0 Å². The molecule has 2 aromatic rings. The lowest BCUT2D eigenvalue weighted by atomic mass is 10.1. The molecule has 30 heavy (non-hydrogen) atoms. The molecule has 6 nitrogen and oxygen atoms in total. The minimum Gasteiger partial charge on any atom is -0.475 e. The Bertz CT molecular complexity index is 865. The van der Waals surface area contributed by atoms with Gasteiger partial charge in [0, 0.05) is 50.2 Å². The van der Waals surface area contributed by atoms with Crippen LogP contribution in [-0.4, -0.2) is 48.2 Å². The number of nitrogens with zero attached hydrogens (tertiary/aromatic N) is 3. The smallest absolute Gasteiger partial charge is 0.416 e. The zero-order valence-electron chi connectivity index (χ0n) is 16.9. The first-order chi connectivity index (χ1) is 14.2. The molecule has 1 saturated heterocycles. The molecule has 9 heteroatoms. The Balaban J connectivity index is 1.54. The van der Waals surface area contributed by atoms with Crippen LogP contribution in [0, 0.1) is 0 Å². The number of aromatic nitrogens is 1. The summed E-state index contributed by atoms with van der Waals surface area (Å²) in [4.78, 5) is 20.2. The minimum atomic E-state index is -4.37. The predicted molar refractivity (Wildman–Crippen MR) is 107 cm³/mol. The van der Waals surface area contributed by atoms with E-state index in [1.807, 2.05) is 24.8 Å². The van der Waals surface area contributed by atoms with Crippen molar-refractivity contribution < 1.29 is 22.7 Å². The van der Waals surface area contributed by atoms with Gasteiger partial charge in [0.2, 0.25) is 5.88 Å². The topological polar surface area (TPSA) is 57.7 Å². The van der Waals surface area contributed by atoms with Gasteiger partial charge in [0.1, 0.15) is 0 Å². The summed E-state index contributed by atoms with van der Waals surface area (Å²) >= 11 is 0. The van der Waals surface area contributed by atoms with Crippen LogP contribution in [0.3, 0.4) is 0 Å². The Kier molecular flexibility index (Phi) is 6.69. The van der Waals surface area contributed by atoms with Crippen LogP contribution in [0.1, 0.15) is 25.0 Å². The summed E-state index contributed by atoms with van der Waals surface area (Å²) in [6.07, 6.45) is -2.77. The largest absolute Gasteiger partial charge is 0.475 e. The van der Waals surface area contributed by atoms with E-state index in [4.69, 9.17) is 4.74 Å². The van der Waals surface area contributed by atoms with E-state index < -0.39 is 11.7 Å². The Labute approximate surface area is 173 Å². The van der Waals surface area contributed by atoms with Crippen LogP contribution in [0.5, 0.6) is 5.88 Å². The molecule has 0 atom stereocenters. The van der Waals surface area contributed by atoms with Crippen LogP contribution in [-0.2, 0) is 12.7 Å². The van der Waals surface area contributed by atoms with E-state index in [9.17, 15) is 18.0 Å². The van der Waals surface area contributed by atoms with E-state index in [1.165, 1.54) is 6.07 Å². The normalized spacial score (nSPS) is 14.7. The SMILES string of the molecule is CC(C)Oc1ncccc1CNC(=O)N1CCN(c2cccc(C(F)(F)F)c2)CC1. The number of nitrogens with one attached hydrogen (secondary N) is 1. The molecule has 1 aliphatic heterocycles.